The maximum Gasteiger partial charge on any atom is 0.310 e. The van der Waals surface area contributed by atoms with Crippen LogP contribution in [0.25, 0.3) is 0 Å². The summed E-state index contributed by atoms with van der Waals surface area (Å²) < 4.78 is 23.5. The first-order valence-electron chi connectivity index (χ1n) is 5.46. The summed E-state index contributed by atoms with van der Waals surface area (Å²) in [5.74, 6) is 0. The van der Waals surface area contributed by atoms with Crippen molar-refractivity contribution in [2.75, 3.05) is 0 Å². The van der Waals surface area contributed by atoms with Gasteiger partial charge < -0.3 is 5.21 Å². The summed E-state index contributed by atoms with van der Waals surface area (Å²) >= 11 is 23.8. The maximum atomic E-state index is 12.5. The summed E-state index contributed by atoms with van der Waals surface area (Å²) in [6.07, 6.45) is 1.05. The van der Waals surface area contributed by atoms with Gasteiger partial charge in [-0.15, -0.1) is 0 Å². The van der Waals surface area contributed by atoms with E-state index >= 15 is 0 Å². The normalized spacial score (nSPS) is 13.1. The summed E-state index contributed by atoms with van der Waals surface area (Å²) in [6.45, 7) is 0. The van der Waals surface area contributed by atoms with Crippen molar-refractivity contribution in [3.8, 4) is 0 Å². The molecule has 0 saturated carbocycles. The molecule has 0 N–H and O–H groups in total. The van der Waals surface area contributed by atoms with Crippen molar-refractivity contribution in [1.82, 2.24) is 0 Å². The molecule has 0 amide bonds. The van der Waals surface area contributed by atoms with Gasteiger partial charge in [-0.25, -0.2) is 8.42 Å². The SMILES string of the molecule is O=S(=O)(c1cccc[n+]1[O-])C(Cl)c1c(Cl)ccc(Cl)c1Cl. The molecule has 1 unspecified atom stereocenters. The second-order valence-electron chi connectivity index (χ2n) is 3.98. The zero-order valence-electron chi connectivity index (χ0n) is 10.1. The lowest BCUT2D eigenvalue weighted by Crippen LogP contribution is -2.34. The molecule has 2 aromatic rings. The molecule has 112 valence electrons. The molecule has 1 atom stereocenters. The summed E-state index contributed by atoms with van der Waals surface area (Å²) in [5.41, 5.74) is -0.0589. The Kier molecular flexibility index (Phi) is 4.90. The second kappa shape index (κ2) is 6.18. The summed E-state index contributed by atoms with van der Waals surface area (Å²) in [4.78, 5) is 0. The molecular weight excluding hydrogens is 380 g/mol. The third-order valence-electron chi connectivity index (χ3n) is 2.66. The minimum absolute atomic E-state index is 0.0429. The van der Waals surface area contributed by atoms with Crippen molar-refractivity contribution in [2.24, 2.45) is 0 Å². The standard InChI is InChI=1S/C12H7Cl4NO3S/c13-7-4-5-8(14)11(15)10(7)12(16)21(19,20)9-3-1-2-6-17(9)18/h1-6,12H. The Morgan fingerprint density at radius 1 is 1.05 bits per heavy atom. The highest BCUT2D eigenvalue weighted by molar-refractivity contribution is 7.92. The lowest BCUT2D eigenvalue weighted by molar-refractivity contribution is -0.646. The van der Waals surface area contributed by atoms with E-state index < -0.39 is 19.6 Å². The molecule has 0 spiro atoms. The molecule has 1 aromatic heterocycles. The van der Waals surface area contributed by atoms with E-state index in [1.54, 1.807) is 0 Å². The van der Waals surface area contributed by atoms with Gasteiger partial charge >= 0.3 is 5.03 Å². The van der Waals surface area contributed by atoms with Crippen LogP contribution in [0.1, 0.15) is 10.3 Å². The average Bonchev–Trinajstić information content (AvgIpc) is 2.43. The summed E-state index contributed by atoms with van der Waals surface area (Å²) in [6, 6.07) is 6.75. The summed E-state index contributed by atoms with van der Waals surface area (Å²) in [5, 5.41) is 11.2. The lowest BCUT2D eigenvalue weighted by atomic mass is 10.2. The number of hydrogen-bond acceptors (Lipinski definition) is 3. The predicted octanol–water partition coefficient (Wildman–Crippen LogP) is 3.99. The molecule has 0 aliphatic rings. The molecule has 1 heterocycles. The number of nitrogens with zero attached hydrogens (tertiary/aromatic N) is 1. The molecule has 0 aliphatic heterocycles. The second-order valence-corrected chi connectivity index (χ2v) is 7.85. The van der Waals surface area contributed by atoms with Gasteiger partial charge in [0.25, 0.3) is 9.84 Å². The molecule has 4 nitrogen and oxygen atoms in total. The van der Waals surface area contributed by atoms with Crippen LogP contribution in [-0.4, -0.2) is 8.42 Å². The smallest absolute Gasteiger partial charge is 0.310 e. The Bertz CT molecular complexity index is 795. The molecule has 1 aromatic carbocycles. The molecule has 21 heavy (non-hydrogen) atoms. The van der Waals surface area contributed by atoms with Crippen LogP contribution in [0.2, 0.25) is 15.1 Å². The number of rotatable bonds is 3. The van der Waals surface area contributed by atoms with Gasteiger partial charge in [0.2, 0.25) is 0 Å². The van der Waals surface area contributed by atoms with Crippen molar-refractivity contribution in [3.05, 3.63) is 62.4 Å². The van der Waals surface area contributed by atoms with E-state index in [1.165, 1.54) is 24.3 Å². The Morgan fingerprint density at radius 3 is 2.29 bits per heavy atom. The van der Waals surface area contributed by atoms with Gasteiger partial charge in [-0.05, 0) is 18.2 Å². The highest BCUT2D eigenvalue weighted by atomic mass is 35.5. The zero-order valence-corrected chi connectivity index (χ0v) is 14.0. The number of aromatic nitrogens is 1. The number of alkyl halides is 1. The Labute approximate surface area is 141 Å². The largest absolute Gasteiger partial charge is 0.618 e. The van der Waals surface area contributed by atoms with Gasteiger partial charge in [0.15, 0.2) is 10.9 Å². The highest BCUT2D eigenvalue weighted by Gasteiger charge is 2.36. The highest BCUT2D eigenvalue weighted by Crippen LogP contribution is 2.42. The van der Waals surface area contributed by atoms with Crippen LogP contribution >= 0.6 is 46.4 Å². The lowest BCUT2D eigenvalue weighted by Gasteiger charge is -2.14. The van der Waals surface area contributed by atoms with Crippen molar-refractivity contribution >= 4 is 56.2 Å². The van der Waals surface area contributed by atoms with E-state index in [2.05, 4.69) is 0 Å². The first kappa shape index (κ1) is 16.6. The third-order valence-corrected chi connectivity index (χ3v) is 6.41. The number of halogens is 4. The van der Waals surface area contributed by atoms with E-state index in [4.69, 9.17) is 46.4 Å². The predicted molar refractivity (Wildman–Crippen MR) is 82.7 cm³/mol. The Balaban J connectivity index is 2.62. The molecule has 0 fully saturated rings. The molecule has 2 rings (SSSR count). The van der Waals surface area contributed by atoms with E-state index in [0.717, 1.165) is 12.3 Å². The van der Waals surface area contributed by atoms with Crippen LogP contribution in [0.5, 0.6) is 0 Å². The van der Waals surface area contributed by atoms with Gasteiger partial charge in [0.05, 0.1) is 10.0 Å². The van der Waals surface area contributed by atoms with Crippen molar-refractivity contribution < 1.29 is 13.1 Å². The molecular formula is C12H7Cl4NO3S. The van der Waals surface area contributed by atoms with Crippen LogP contribution in [-0.2, 0) is 9.84 Å². The van der Waals surface area contributed by atoms with Crippen LogP contribution < -0.4 is 4.73 Å². The fourth-order valence-corrected chi connectivity index (χ4v) is 4.49. The molecule has 9 heteroatoms. The number of benzene rings is 1. The maximum absolute atomic E-state index is 12.5. The van der Waals surface area contributed by atoms with Gasteiger partial charge in [-0.2, -0.15) is 4.73 Å². The van der Waals surface area contributed by atoms with Gasteiger partial charge in [0.1, 0.15) is 0 Å². The van der Waals surface area contributed by atoms with Gasteiger partial charge in [0, 0.05) is 22.7 Å². The minimum atomic E-state index is -4.20. The van der Waals surface area contributed by atoms with Crippen LogP contribution in [0.3, 0.4) is 0 Å². The van der Waals surface area contributed by atoms with Crippen LogP contribution in [0, 0.1) is 5.21 Å². The van der Waals surface area contributed by atoms with Crippen molar-refractivity contribution in [2.45, 2.75) is 9.74 Å². The quantitative estimate of drug-likeness (QED) is 0.346. The fourth-order valence-electron chi connectivity index (χ4n) is 1.64. The van der Waals surface area contributed by atoms with Crippen LogP contribution in [0.4, 0.5) is 0 Å². The number of sulfone groups is 1. The molecule has 0 saturated heterocycles. The van der Waals surface area contributed by atoms with E-state index in [-0.39, 0.29) is 25.4 Å². The molecule has 0 bridgehead atoms. The van der Waals surface area contributed by atoms with Crippen LogP contribution in [0.15, 0.2) is 41.6 Å². The topological polar surface area (TPSA) is 61.1 Å². The van der Waals surface area contributed by atoms with E-state index in [9.17, 15) is 13.6 Å². The number of pyridine rings is 1. The first-order chi connectivity index (χ1) is 9.76. The van der Waals surface area contributed by atoms with Crippen molar-refractivity contribution in [1.29, 1.82) is 0 Å². The minimum Gasteiger partial charge on any atom is -0.618 e. The average molecular weight is 387 g/mol. The Hall–Kier alpha value is -0.720. The molecule has 0 radical (unpaired) electrons. The number of hydrogen-bond donors (Lipinski definition) is 0. The third kappa shape index (κ3) is 3.07. The van der Waals surface area contributed by atoms with E-state index in [0.29, 0.717) is 0 Å². The van der Waals surface area contributed by atoms with Gasteiger partial charge in [-0.3, -0.25) is 0 Å². The van der Waals surface area contributed by atoms with E-state index in [1.807, 2.05) is 0 Å². The summed E-state index contributed by atoms with van der Waals surface area (Å²) in [7, 11) is -4.20. The Morgan fingerprint density at radius 2 is 1.67 bits per heavy atom. The fraction of sp³-hybridized carbons (Fsp3) is 0.0833. The first-order valence-corrected chi connectivity index (χ1v) is 8.58. The van der Waals surface area contributed by atoms with Crippen molar-refractivity contribution in [3.63, 3.8) is 0 Å². The zero-order chi connectivity index (χ0) is 15.8. The monoisotopic (exact) mass is 385 g/mol. The molecule has 0 aliphatic carbocycles. The van der Waals surface area contributed by atoms with Gasteiger partial charge in [-0.1, -0.05) is 46.4 Å².